The number of pyridine rings is 1. The van der Waals surface area contributed by atoms with Gasteiger partial charge in [-0.1, -0.05) is 44.2 Å². The average molecular weight is 697 g/mol. The molecule has 1 aliphatic carbocycles. The normalized spacial score (nSPS) is 26.6. The van der Waals surface area contributed by atoms with Crippen molar-refractivity contribution in [3.63, 3.8) is 0 Å². The highest BCUT2D eigenvalue weighted by Crippen LogP contribution is 2.31. The zero-order valence-electron chi connectivity index (χ0n) is 28.7. The molecule has 1 aromatic heterocycles. The lowest BCUT2D eigenvalue weighted by atomic mass is 10.0. The van der Waals surface area contributed by atoms with Gasteiger partial charge in [-0.25, -0.2) is 23.1 Å². The van der Waals surface area contributed by atoms with E-state index in [2.05, 4.69) is 16.1 Å². The van der Waals surface area contributed by atoms with Gasteiger partial charge < -0.3 is 15.4 Å². The van der Waals surface area contributed by atoms with Gasteiger partial charge in [0, 0.05) is 31.4 Å². The Morgan fingerprint density at radius 1 is 0.980 bits per heavy atom. The number of hydrogen-bond donors (Lipinski definition) is 3. The second-order valence-corrected chi connectivity index (χ2v) is 15.7. The molecular formula is C35H48N6O7S. The maximum absolute atomic E-state index is 13.4. The maximum atomic E-state index is 13.4. The van der Waals surface area contributed by atoms with Crippen LogP contribution in [0.1, 0.15) is 83.6 Å². The third kappa shape index (κ3) is 9.64. The van der Waals surface area contributed by atoms with E-state index in [0.717, 1.165) is 29.3 Å². The fourth-order valence-corrected chi connectivity index (χ4v) is 7.93. The fraction of sp³-hybridized carbons (Fsp3) is 0.571. The van der Waals surface area contributed by atoms with Crippen molar-refractivity contribution in [2.75, 3.05) is 25.4 Å². The minimum atomic E-state index is -3.60. The molecule has 3 heterocycles. The predicted molar refractivity (Wildman–Crippen MR) is 185 cm³/mol. The molecule has 14 heteroatoms. The number of carbonyl (C=O) groups excluding carboxylic acids is 4. The van der Waals surface area contributed by atoms with Gasteiger partial charge >= 0.3 is 5.97 Å². The van der Waals surface area contributed by atoms with Gasteiger partial charge in [-0.05, 0) is 75.5 Å². The summed E-state index contributed by atoms with van der Waals surface area (Å²) in [4.78, 5) is 57.7. The van der Waals surface area contributed by atoms with Crippen LogP contribution in [-0.4, -0.2) is 89.9 Å². The average Bonchev–Trinajstić information content (AvgIpc) is 3.88. The number of esters is 1. The molecule has 1 saturated heterocycles. The standard InChI is InChI=1S/C35H48N6O7S/c1-22(2)32-33(43)36-23(3)34(44)41-18-7-9-29(39-41)35(45)48-24(4)28-15-14-27-13-12-25(20-30(27)37-28)8-5-6-17-40(19-16-31(42)38-32)49(46,47)21-26-10-11-26/h5,8,12-15,20,22-24,26,29,32,39H,6-7,9-11,16-19,21H2,1-4H3,(H,36,43)(H,38,42)/b8-5+/t23-,24+,29-,32-/m0/s1. The summed E-state index contributed by atoms with van der Waals surface area (Å²) in [6.45, 7) is 7.38. The quantitative estimate of drug-likeness (QED) is 0.408. The van der Waals surface area contributed by atoms with E-state index in [9.17, 15) is 27.6 Å². The zero-order chi connectivity index (χ0) is 35.3. The van der Waals surface area contributed by atoms with Crippen LogP contribution in [0.2, 0.25) is 0 Å². The first-order valence-electron chi connectivity index (χ1n) is 17.2. The summed E-state index contributed by atoms with van der Waals surface area (Å²) in [7, 11) is -3.60. The number of rotatable bonds is 4. The number of aromatic nitrogens is 1. The van der Waals surface area contributed by atoms with Crippen LogP contribution in [-0.2, 0) is 33.9 Å². The predicted octanol–water partition coefficient (Wildman–Crippen LogP) is 2.83. The maximum Gasteiger partial charge on any atom is 0.325 e. The molecule has 5 bridgehead atoms. The second kappa shape index (κ2) is 15.8. The molecule has 13 nitrogen and oxygen atoms in total. The summed E-state index contributed by atoms with van der Waals surface area (Å²) in [6.07, 6.45) is 6.26. The third-order valence-electron chi connectivity index (χ3n) is 9.16. The van der Waals surface area contributed by atoms with Crippen molar-refractivity contribution in [3.05, 3.63) is 47.7 Å². The first-order valence-corrected chi connectivity index (χ1v) is 18.8. The SMILES string of the molecule is CC(C)[C@@H]1NC(=O)CCN(S(=O)(=O)CC2CC2)CC/C=C/c2ccc3ccc(nc3c2)[C@@H](C)OC(=O)[C@@H]2CCCN(N2)C(=O)[C@H](C)NC1=O. The molecule has 2 fully saturated rings. The highest BCUT2D eigenvalue weighted by Gasteiger charge is 2.35. The van der Waals surface area contributed by atoms with Gasteiger partial charge in [-0.3, -0.25) is 24.2 Å². The Hall–Kier alpha value is -3.88. The van der Waals surface area contributed by atoms with Gasteiger partial charge in [0.15, 0.2) is 0 Å². The van der Waals surface area contributed by atoms with E-state index in [0.29, 0.717) is 31.5 Å². The van der Waals surface area contributed by atoms with Gasteiger partial charge in [0.25, 0.3) is 5.91 Å². The lowest BCUT2D eigenvalue weighted by Crippen LogP contribution is -2.61. The van der Waals surface area contributed by atoms with Crippen molar-refractivity contribution in [2.45, 2.75) is 90.4 Å². The van der Waals surface area contributed by atoms with Crippen LogP contribution in [0, 0.1) is 11.8 Å². The van der Waals surface area contributed by atoms with Gasteiger partial charge in [-0.15, -0.1) is 0 Å². The number of carbonyl (C=O) groups is 4. The number of sulfonamides is 1. The molecule has 1 aromatic carbocycles. The monoisotopic (exact) mass is 696 g/mol. The second-order valence-electron chi connectivity index (χ2n) is 13.7. The molecule has 0 radical (unpaired) electrons. The van der Waals surface area contributed by atoms with E-state index in [1.165, 1.54) is 9.31 Å². The topological polar surface area (TPSA) is 167 Å². The number of cyclic esters (lactones) is 1. The Balaban J connectivity index is 1.40. The lowest BCUT2D eigenvalue weighted by molar-refractivity contribution is -0.157. The lowest BCUT2D eigenvalue weighted by Gasteiger charge is -2.35. The smallest absolute Gasteiger partial charge is 0.325 e. The van der Waals surface area contributed by atoms with E-state index in [-0.39, 0.29) is 37.1 Å². The van der Waals surface area contributed by atoms with Crippen molar-refractivity contribution < 1.29 is 32.3 Å². The highest BCUT2D eigenvalue weighted by molar-refractivity contribution is 7.89. The largest absolute Gasteiger partial charge is 0.455 e. The third-order valence-corrected chi connectivity index (χ3v) is 11.2. The van der Waals surface area contributed by atoms with Crippen molar-refractivity contribution >= 4 is 50.7 Å². The zero-order valence-corrected chi connectivity index (χ0v) is 29.5. The van der Waals surface area contributed by atoms with Gasteiger partial charge in [0.05, 0.1) is 17.0 Å². The number of hydrazine groups is 1. The molecule has 4 atom stereocenters. The first-order chi connectivity index (χ1) is 23.3. The van der Waals surface area contributed by atoms with Crippen LogP contribution in [0.5, 0.6) is 0 Å². The van der Waals surface area contributed by atoms with E-state index in [4.69, 9.17) is 9.72 Å². The van der Waals surface area contributed by atoms with E-state index < -0.39 is 57.9 Å². The Bertz CT molecular complexity index is 1690. The van der Waals surface area contributed by atoms with E-state index >= 15 is 0 Å². The minimum Gasteiger partial charge on any atom is -0.455 e. The Morgan fingerprint density at radius 3 is 2.47 bits per heavy atom. The number of benzene rings is 1. The summed E-state index contributed by atoms with van der Waals surface area (Å²) in [5, 5.41) is 7.70. The number of ether oxygens (including phenoxy) is 1. The van der Waals surface area contributed by atoms with Crippen LogP contribution in [0.4, 0.5) is 0 Å². The van der Waals surface area contributed by atoms with Crippen molar-refractivity contribution in [2.24, 2.45) is 11.8 Å². The molecule has 3 aliphatic rings. The van der Waals surface area contributed by atoms with Crippen LogP contribution in [0.3, 0.4) is 0 Å². The molecule has 3 amide bonds. The van der Waals surface area contributed by atoms with Crippen LogP contribution >= 0.6 is 0 Å². The van der Waals surface area contributed by atoms with Crippen LogP contribution in [0.25, 0.3) is 17.0 Å². The van der Waals surface area contributed by atoms with Crippen molar-refractivity contribution in [3.8, 4) is 0 Å². The number of nitrogens with zero attached hydrogens (tertiary/aromatic N) is 3. The molecule has 2 aromatic rings. The Morgan fingerprint density at radius 2 is 1.73 bits per heavy atom. The van der Waals surface area contributed by atoms with Crippen LogP contribution < -0.4 is 16.1 Å². The number of fused-ring (bicyclic) bond motifs is 4. The van der Waals surface area contributed by atoms with Gasteiger partial charge in [-0.2, -0.15) is 0 Å². The molecule has 1 saturated carbocycles. The molecule has 266 valence electrons. The molecule has 0 spiro atoms. The molecular weight excluding hydrogens is 648 g/mol. The summed E-state index contributed by atoms with van der Waals surface area (Å²) in [5.74, 6) is -2.05. The molecule has 5 rings (SSSR count). The van der Waals surface area contributed by atoms with E-state index in [1.807, 2.05) is 42.5 Å². The fourth-order valence-electron chi connectivity index (χ4n) is 6.03. The number of amides is 3. The van der Waals surface area contributed by atoms with Crippen molar-refractivity contribution in [1.29, 1.82) is 0 Å². The summed E-state index contributed by atoms with van der Waals surface area (Å²) >= 11 is 0. The summed E-state index contributed by atoms with van der Waals surface area (Å²) in [5.41, 5.74) is 5.14. The number of hydrogen-bond acceptors (Lipinski definition) is 9. The van der Waals surface area contributed by atoms with Crippen LogP contribution in [0.15, 0.2) is 36.4 Å². The first kappa shape index (κ1) is 36.4. The molecule has 0 unspecified atom stereocenters. The molecule has 2 aliphatic heterocycles. The molecule has 49 heavy (non-hydrogen) atoms. The number of nitrogens with one attached hydrogen (secondary N) is 3. The summed E-state index contributed by atoms with van der Waals surface area (Å²) in [6, 6.07) is 6.89. The Labute approximate surface area is 288 Å². The van der Waals surface area contributed by atoms with E-state index in [1.54, 1.807) is 27.7 Å². The highest BCUT2D eigenvalue weighted by atomic mass is 32.2. The van der Waals surface area contributed by atoms with Gasteiger partial charge in [0.2, 0.25) is 21.8 Å². The summed E-state index contributed by atoms with van der Waals surface area (Å²) < 4.78 is 33.8. The Kier molecular flexibility index (Phi) is 11.7. The van der Waals surface area contributed by atoms with Crippen molar-refractivity contribution in [1.82, 2.24) is 30.4 Å². The minimum absolute atomic E-state index is 0.0144. The van der Waals surface area contributed by atoms with Gasteiger partial charge in [0.1, 0.15) is 24.2 Å². The molecule has 3 N–H and O–H groups in total.